The highest BCUT2D eigenvalue weighted by Crippen LogP contribution is 2.22. The lowest BCUT2D eigenvalue weighted by Gasteiger charge is -2.36. The maximum atomic E-state index is 13.9. The number of rotatable bonds is 5. The van der Waals surface area contributed by atoms with Gasteiger partial charge in [-0.1, -0.05) is 45.0 Å². The van der Waals surface area contributed by atoms with Crippen molar-refractivity contribution in [1.29, 1.82) is 0 Å². The standard InChI is InChI=1S/C23H30FN3O/c1-23(2,3)19-10-8-18(9-11-19)22(28)25-12-13-26-14-16-27(17-15-26)21-7-5-4-6-20(21)24/h4-11H,12-17H2,1-3H3,(H,25,28). The molecule has 0 radical (unpaired) electrons. The van der Waals surface area contributed by atoms with Gasteiger partial charge in [0.25, 0.3) is 5.91 Å². The third-order valence-corrected chi connectivity index (χ3v) is 5.29. The zero-order valence-electron chi connectivity index (χ0n) is 17.0. The zero-order chi connectivity index (χ0) is 20.1. The van der Waals surface area contributed by atoms with Crippen molar-refractivity contribution in [1.82, 2.24) is 10.2 Å². The number of hydrogen-bond donors (Lipinski definition) is 1. The normalized spacial score (nSPS) is 15.5. The molecular formula is C23H30FN3O. The van der Waals surface area contributed by atoms with Crippen LogP contribution in [-0.2, 0) is 5.41 Å². The van der Waals surface area contributed by atoms with Crippen LogP contribution in [0.15, 0.2) is 48.5 Å². The molecule has 0 aliphatic carbocycles. The van der Waals surface area contributed by atoms with Gasteiger partial charge in [-0.3, -0.25) is 9.69 Å². The minimum absolute atomic E-state index is 0.0366. The number of para-hydroxylation sites is 1. The summed E-state index contributed by atoms with van der Waals surface area (Å²) in [6.07, 6.45) is 0. The molecule has 0 unspecified atom stereocenters. The monoisotopic (exact) mass is 383 g/mol. The van der Waals surface area contributed by atoms with E-state index in [1.165, 1.54) is 11.6 Å². The second-order valence-corrected chi connectivity index (χ2v) is 8.36. The number of nitrogens with zero attached hydrogens (tertiary/aromatic N) is 2. The summed E-state index contributed by atoms with van der Waals surface area (Å²) < 4.78 is 13.9. The van der Waals surface area contributed by atoms with Gasteiger partial charge in [0.1, 0.15) is 5.82 Å². The summed E-state index contributed by atoms with van der Waals surface area (Å²) >= 11 is 0. The topological polar surface area (TPSA) is 35.6 Å². The van der Waals surface area contributed by atoms with E-state index < -0.39 is 0 Å². The molecular weight excluding hydrogens is 353 g/mol. The van der Waals surface area contributed by atoms with Gasteiger partial charge in [0.2, 0.25) is 0 Å². The predicted octanol–water partition coefficient (Wildman–Crippen LogP) is 3.68. The van der Waals surface area contributed by atoms with Crippen LogP contribution >= 0.6 is 0 Å². The molecule has 1 aliphatic heterocycles. The second-order valence-electron chi connectivity index (χ2n) is 8.36. The van der Waals surface area contributed by atoms with Crippen molar-refractivity contribution < 1.29 is 9.18 Å². The van der Waals surface area contributed by atoms with E-state index in [4.69, 9.17) is 0 Å². The van der Waals surface area contributed by atoms with Gasteiger partial charge in [0.05, 0.1) is 5.69 Å². The molecule has 1 fully saturated rings. The first kappa shape index (κ1) is 20.3. The molecule has 0 spiro atoms. The summed E-state index contributed by atoms with van der Waals surface area (Å²) in [6, 6.07) is 14.8. The molecule has 3 rings (SSSR count). The third kappa shape index (κ3) is 5.10. The van der Waals surface area contributed by atoms with Gasteiger partial charge in [0, 0.05) is 44.8 Å². The van der Waals surface area contributed by atoms with Crippen molar-refractivity contribution in [3.63, 3.8) is 0 Å². The zero-order valence-corrected chi connectivity index (χ0v) is 17.0. The van der Waals surface area contributed by atoms with Crippen molar-refractivity contribution >= 4 is 11.6 Å². The fourth-order valence-electron chi connectivity index (χ4n) is 3.47. The van der Waals surface area contributed by atoms with Crippen molar-refractivity contribution in [3.05, 3.63) is 65.5 Å². The van der Waals surface area contributed by atoms with Gasteiger partial charge in [-0.25, -0.2) is 4.39 Å². The fraction of sp³-hybridized carbons (Fsp3) is 0.435. The molecule has 0 atom stereocenters. The number of carbonyl (C=O) groups excluding carboxylic acids is 1. The highest BCUT2D eigenvalue weighted by Gasteiger charge is 2.19. The van der Waals surface area contributed by atoms with E-state index in [9.17, 15) is 9.18 Å². The third-order valence-electron chi connectivity index (χ3n) is 5.29. The van der Waals surface area contributed by atoms with Crippen LogP contribution in [0.2, 0.25) is 0 Å². The molecule has 4 nitrogen and oxygen atoms in total. The number of benzene rings is 2. The summed E-state index contributed by atoms with van der Waals surface area (Å²) in [5, 5.41) is 3.00. The number of piperazine rings is 1. The van der Waals surface area contributed by atoms with Crippen molar-refractivity contribution in [2.75, 3.05) is 44.2 Å². The van der Waals surface area contributed by atoms with Gasteiger partial charge in [-0.15, -0.1) is 0 Å². The van der Waals surface area contributed by atoms with Crippen molar-refractivity contribution in [3.8, 4) is 0 Å². The van der Waals surface area contributed by atoms with Gasteiger partial charge in [-0.2, -0.15) is 0 Å². The molecule has 5 heteroatoms. The van der Waals surface area contributed by atoms with Gasteiger partial charge in [-0.05, 0) is 35.2 Å². The average Bonchev–Trinajstić information content (AvgIpc) is 2.68. The highest BCUT2D eigenvalue weighted by molar-refractivity contribution is 5.94. The van der Waals surface area contributed by atoms with Gasteiger partial charge >= 0.3 is 0 Å². The molecule has 1 aliphatic rings. The Bertz CT molecular complexity index is 790. The number of carbonyl (C=O) groups is 1. The van der Waals surface area contributed by atoms with E-state index in [0.717, 1.165) is 32.7 Å². The van der Waals surface area contributed by atoms with Crippen molar-refractivity contribution in [2.24, 2.45) is 0 Å². The van der Waals surface area contributed by atoms with E-state index in [2.05, 4.69) is 35.9 Å². The van der Waals surface area contributed by atoms with Crippen molar-refractivity contribution in [2.45, 2.75) is 26.2 Å². The molecule has 1 N–H and O–H groups in total. The van der Waals surface area contributed by atoms with E-state index in [1.807, 2.05) is 36.4 Å². The molecule has 1 saturated heterocycles. The summed E-state index contributed by atoms with van der Waals surface area (Å²) in [5.41, 5.74) is 2.67. The SMILES string of the molecule is CC(C)(C)c1ccc(C(=O)NCCN2CCN(c3ccccc3F)CC2)cc1. The fourth-order valence-corrected chi connectivity index (χ4v) is 3.47. The van der Waals surface area contributed by atoms with E-state index >= 15 is 0 Å². The summed E-state index contributed by atoms with van der Waals surface area (Å²) in [4.78, 5) is 16.7. The maximum absolute atomic E-state index is 13.9. The lowest BCUT2D eigenvalue weighted by atomic mass is 9.87. The molecule has 1 amide bonds. The van der Waals surface area contributed by atoms with Gasteiger partial charge in [0.15, 0.2) is 0 Å². The van der Waals surface area contributed by atoms with Gasteiger partial charge < -0.3 is 10.2 Å². The summed E-state index contributed by atoms with van der Waals surface area (Å²) in [5.74, 6) is -0.203. The lowest BCUT2D eigenvalue weighted by Crippen LogP contribution is -2.48. The molecule has 0 aromatic heterocycles. The first-order valence-electron chi connectivity index (χ1n) is 9.95. The van der Waals surface area contributed by atoms with Crippen LogP contribution in [0.4, 0.5) is 10.1 Å². The minimum atomic E-state index is -0.166. The first-order valence-corrected chi connectivity index (χ1v) is 9.95. The summed E-state index contributed by atoms with van der Waals surface area (Å²) in [6.45, 7) is 11.2. The Kier molecular flexibility index (Phi) is 6.35. The Balaban J connectivity index is 1.42. The van der Waals surface area contributed by atoms with Crippen LogP contribution in [-0.4, -0.2) is 50.1 Å². The first-order chi connectivity index (χ1) is 13.3. The van der Waals surface area contributed by atoms with Crippen LogP contribution < -0.4 is 10.2 Å². The number of amides is 1. The Morgan fingerprint density at radius 2 is 1.64 bits per heavy atom. The van der Waals surface area contributed by atoms with Crippen LogP contribution in [0.25, 0.3) is 0 Å². The van der Waals surface area contributed by atoms with E-state index in [0.29, 0.717) is 17.8 Å². The molecule has 2 aromatic rings. The largest absolute Gasteiger partial charge is 0.367 e. The number of nitrogens with one attached hydrogen (secondary N) is 1. The Morgan fingerprint density at radius 1 is 1.00 bits per heavy atom. The molecule has 28 heavy (non-hydrogen) atoms. The Morgan fingerprint density at radius 3 is 2.25 bits per heavy atom. The van der Waals surface area contributed by atoms with Crippen LogP contribution in [0.1, 0.15) is 36.7 Å². The Hall–Kier alpha value is -2.40. The highest BCUT2D eigenvalue weighted by atomic mass is 19.1. The molecule has 2 aromatic carbocycles. The molecule has 1 heterocycles. The molecule has 0 bridgehead atoms. The number of anilines is 1. The van der Waals surface area contributed by atoms with E-state index in [1.54, 1.807) is 6.07 Å². The minimum Gasteiger partial charge on any atom is -0.367 e. The lowest BCUT2D eigenvalue weighted by molar-refractivity contribution is 0.0947. The van der Waals surface area contributed by atoms with Crippen LogP contribution in [0.5, 0.6) is 0 Å². The van der Waals surface area contributed by atoms with Crippen LogP contribution in [0, 0.1) is 5.82 Å². The second kappa shape index (κ2) is 8.74. The molecule has 150 valence electrons. The number of halogens is 1. The average molecular weight is 384 g/mol. The maximum Gasteiger partial charge on any atom is 0.251 e. The quantitative estimate of drug-likeness (QED) is 0.856. The van der Waals surface area contributed by atoms with Crippen LogP contribution in [0.3, 0.4) is 0 Å². The number of hydrogen-bond acceptors (Lipinski definition) is 3. The Labute approximate surface area is 167 Å². The summed E-state index contributed by atoms with van der Waals surface area (Å²) in [7, 11) is 0. The molecule has 0 saturated carbocycles. The van der Waals surface area contributed by atoms with E-state index in [-0.39, 0.29) is 17.1 Å². The predicted molar refractivity (Wildman–Crippen MR) is 113 cm³/mol. The smallest absolute Gasteiger partial charge is 0.251 e.